The van der Waals surface area contributed by atoms with E-state index in [2.05, 4.69) is 9.98 Å². The Bertz CT molecular complexity index is 679. The van der Waals surface area contributed by atoms with Gasteiger partial charge in [0.2, 0.25) is 0 Å². The Labute approximate surface area is 125 Å². The van der Waals surface area contributed by atoms with Gasteiger partial charge in [-0.3, -0.25) is 4.99 Å². The summed E-state index contributed by atoms with van der Waals surface area (Å²) >= 11 is 3.18. The van der Waals surface area contributed by atoms with E-state index < -0.39 is 0 Å². The van der Waals surface area contributed by atoms with Crippen LogP contribution in [-0.4, -0.2) is 34.2 Å². The molecular formula is C14H14N2O2S2. The third-order valence-electron chi connectivity index (χ3n) is 2.75. The maximum atomic E-state index is 10.7. The molecule has 20 heavy (non-hydrogen) atoms. The third kappa shape index (κ3) is 2.71. The van der Waals surface area contributed by atoms with Crippen molar-refractivity contribution in [2.75, 3.05) is 5.75 Å². The summed E-state index contributed by atoms with van der Waals surface area (Å²) < 4.78 is 6.77. The van der Waals surface area contributed by atoms with Crippen molar-refractivity contribution >= 4 is 44.6 Å². The first-order chi connectivity index (χ1) is 9.65. The number of thiazole rings is 1. The summed E-state index contributed by atoms with van der Waals surface area (Å²) in [6.07, 6.45) is 1.05. The average Bonchev–Trinajstić information content (AvgIpc) is 3.03. The molecule has 0 spiro atoms. The van der Waals surface area contributed by atoms with Gasteiger partial charge < -0.3 is 9.53 Å². The number of ether oxygens (including phenoxy) is 1. The van der Waals surface area contributed by atoms with Crippen LogP contribution in [0, 0.1) is 0 Å². The summed E-state index contributed by atoms with van der Waals surface area (Å²) in [6, 6.07) is 5.68. The summed E-state index contributed by atoms with van der Waals surface area (Å²) in [7, 11) is 0. The van der Waals surface area contributed by atoms with Gasteiger partial charge in [0, 0.05) is 5.75 Å². The van der Waals surface area contributed by atoms with Gasteiger partial charge in [-0.1, -0.05) is 0 Å². The minimum absolute atomic E-state index is 0.156. The minimum atomic E-state index is -0.221. The molecule has 4 nitrogen and oxygen atoms in total. The van der Waals surface area contributed by atoms with E-state index in [1.807, 2.05) is 32.0 Å². The zero-order valence-electron chi connectivity index (χ0n) is 11.2. The molecule has 0 bridgehead atoms. The van der Waals surface area contributed by atoms with E-state index in [4.69, 9.17) is 4.74 Å². The van der Waals surface area contributed by atoms with Gasteiger partial charge in [0.05, 0.1) is 16.3 Å². The van der Waals surface area contributed by atoms with E-state index in [0.29, 0.717) is 0 Å². The number of hydrogen-bond donors (Lipinski definition) is 0. The summed E-state index contributed by atoms with van der Waals surface area (Å²) in [5.74, 6) is 1.57. The number of hydrogen-bond acceptors (Lipinski definition) is 6. The number of aromatic nitrogens is 1. The molecule has 0 radical (unpaired) electrons. The first-order valence-corrected chi connectivity index (χ1v) is 8.19. The normalized spacial score (nSPS) is 18.6. The van der Waals surface area contributed by atoms with Gasteiger partial charge in [-0.15, -0.1) is 23.1 Å². The molecule has 2 aromatic rings. The zero-order chi connectivity index (χ0) is 14.1. The van der Waals surface area contributed by atoms with E-state index in [0.717, 1.165) is 38.1 Å². The summed E-state index contributed by atoms with van der Waals surface area (Å²) in [5.41, 5.74) is 0.943. The molecule has 0 saturated carbocycles. The fraction of sp³-hybridized carbons (Fsp3) is 0.357. The van der Waals surface area contributed by atoms with Gasteiger partial charge in [-0.05, 0) is 32.0 Å². The van der Waals surface area contributed by atoms with Crippen LogP contribution in [0.15, 0.2) is 23.2 Å². The van der Waals surface area contributed by atoms with E-state index in [1.54, 1.807) is 23.1 Å². The van der Waals surface area contributed by atoms with Crippen LogP contribution in [0.5, 0.6) is 5.75 Å². The van der Waals surface area contributed by atoms with Crippen molar-refractivity contribution in [1.29, 1.82) is 0 Å². The molecule has 0 amide bonds. The van der Waals surface area contributed by atoms with Crippen molar-refractivity contribution in [3.8, 4) is 5.75 Å². The highest BCUT2D eigenvalue weighted by molar-refractivity contribution is 8.15. The lowest BCUT2D eigenvalue weighted by atomic mass is 10.3. The molecule has 6 heteroatoms. The van der Waals surface area contributed by atoms with Crippen LogP contribution in [-0.2, 0) is 4.79 Å². The predicted octanol–water partition coefficient (Wildman–Crippen LogP) is 3.14. The van der Waals surface area contributed by atoms with Crippen molar-refractivity contribution in [3.05, 3.63) is 23.2 Å². The quantitative estimate of drug-likeness (QED) is 0.814. The Morgan fingerprint density at radius 1 is 1.45 bits per heavy atom. The molecule has 1 aliphatic heterocycles. The van der Waals surface area contributed by atoms with Crippen molar-refractivity contribution in [2.45, 2.75) is 26.0 Å². The topological polar surface area (TPSA) is 51.6 Å². The monoisotopic (exact) mass is 306 g/mol. The smallest absolute Gasteiger partial charge is 0.149 e. The molecule has 0 N–H and O–H groups in total. The fourth-order valence-electron chi connectivity index (χ4n) is 1.92. The Balaban J connectivity index is 1.93. The molecule has 0 fully saturated rings. The summed E-state index contributed by atoms with van der Waals surface area (Å²) in [6.45, 7) is 4.01. The van der Waals surface area contributed by atoms with Crippen LogP contribution in [0.4, 0.5) is 0 Å². The lowest BCUT2D eigenvalue weighted by molar-refractivity contribution is -0.108. The maximum Gasteiger partial charge on any atom is 0.149 e. The van der Waals surface area contributed by atoms with Gasteiger partial charge in [0.25, 0.3) is 0 Å². The maximum absolute atomic E-state index is 10.7. The van der Waals surface area contributed by atoms with Crippen LogP contribution in [0.1, 0.15) is 18.9 Å². The molecule has 1 unspecified atom stereocenters. The largest absolute Gasteiger partial charge is 0.491 e. The van der Waals surface area contributed by atoms with E-state index in [1.165, 1.54) is 0 Å². The summed E-state index contributed by atoms with van der Waals surface area (Å²) in [5, 5.41) is 1.76. The van der Waals surface area contributed by atoms with E-state index in [9.17, 15) is 4.79 Å². The van der Waals surface area contributed by atoms with E-state index >= 15 is 0 Å². The van der Waals surface area contributed by atoms with Crippen molar-refractivity contribution < 1.29 is 9.53 Å². The number of thioether (sulfide) groups is 1. The molecule has 1 aliphatic rings. The number of fused-ring (bicyclic) bond motifs is 1. The number of nitrogens with zero attached hydrogens (tertiary/aromatic N) is 2. The van der Waals surface area contributed by atoms with Crippen LogP contribution in [0.3, 0.4) is 0 Å². The second-order valence-corrected chi connectivity index (χ2v) is 6.80. The van der Waals surface area contributed by atoms with Crippen molar-refractivity contribution in [3.63, 3.8) is 0 Å². The highest BCUT2D eigenvalue weighted by Gasteiger charge is 2.21. The highest BCUT2D eigenvalue weighted by Crippen LogP contribution is 2.31. The Morgan fingerprint density at radius 2 is 2.30 bits per heavy atom. The predicted molar refractivity (Wildman–Crippen MR) is 84.2 cm³/mol. The minimum Gasteiger partial charge on any atom is -0.491 e. The Hall–Kier alpha value is -1.40. The fourth-order valence-corrected chi connectivity index (χ4v) is 3.97. The van der Waals surface area contributed by atoms with Crippen LogP contribution >= 0.6 is 23.1 Å². The Morgan fingerprint density at radius 3 is 3.00 bits per heavy atom. The number of benzene rings is 1. The standard InChI is InChI=1S/C14H14N2O2S2/c1-8(2)18-10-3-4-11-12(5-10)20-14(16-11)13-15-9(6-17)7-19-13/h3-6,8-9H,7H2,1-2H3. The van der Waals surface area contributed by atoms with Crippen LogP contribution < -0.4 is 4.74 Å². The molecular weight excluding hydrogens is 292 g/mol. The lowest BCUT2D eigenvalue weighted by Crippen LogP contribution is -2.04. The van der Waals surface area contributed by atoms with Crippen molar-refractivity contribution in [1.82, 2.24) is 4.98 Å². The number of carbonyl (C=O) groups is 1. The number of aldehydes is 1. The highest BCUT2D eigenvalue weighted by atomic mass is 32.2. The molecule has 2 heterocycles. The van der Waals surface area contributed by atoms with Crippen LogP contribution in [0.2, 0.25) is 0 Å². The SMILES string of the molecule is CC(C)Oc1ccc2nc(C3=NC(C=O)CS3)sc2c1. The number of rotatable bonds is 4. The van der Waals surface area contributed by atoms with Gasteiger partial charge >= 0.3 is 0 Å². The second-order valence-electron chi connectivity index (χ2n) is 4.76. The zero-order valence-corrected chi connectivity index (χ0v) is 12.8. The van der Waals surface area contributed by atoms with Crippen molar-refractivity contribution in [2.24, 2.45) is 4.99 Å². The molecule has 1 aromatic heterocycles. The van der Waals surface area contributed by atoms with E-state index in [-0.39, 0.29) is 12.1 Å². The first-order valence-electron chi connectivity index (χ1n) is 6.39. The van der Waals surface area contributed by atoms with Gasteiger partial charge in [0.1, 0.15) is 28.1 Å². The third-order valence-corrected chi connectivity index (χ3v) is 4.98. The first kappa shape index (κ1) is 13.6. The number of aliphatic imine (C=N–C) groups is 1. The lowest BCUT2D eigenvalue weighted by Gasteiger charge is -2.08. The summed E-state index contributed by atoms with van der Waals surface area (Å²) in [4.78, 5) is 19.7. The Kier molecular flexibility index (Phi) is 3.76. The van der Waals surface area contributed by atoms with Crippen LogP contribution in [0.25, 0.3) is 10.2 Å². The molecule has 1 aromatic carbocycles. The van der Waals surface area contributed by atoms with Gasteiger partial charge in [0.15, 0.2) is 0 Å². The molecule has 1 atom stereocenters. The van der Waals surface area contributed by atoms with Gasteiger partial charge in [-0.25, -0.2) is 4.98 Å². The molecule has 0 saturated heterocycles. The number of carbonyl (C=O) groups excluding carboxylic acids is 1. The van der Waals surface area contributed by atoms with Gasteiger partial charge in [-0.2, -0.15) is 0 Å². The molecule has 104 valence electrons. The second kappa shape index (κ2) is 5.54. The molecule has 0 aliphatic carbocycles. The average molecular weight is 306 g/mol. The molecule has 3 rings (SSSR count).